The van der Waals surface area contributed by atoms with Crippen LogP contribution >= 0.6 is 11.8 Å². The number of H-pyrrole nitrogens is 3. The standard InChI is InChI=1S/C6H8N2OS.C5H6N2O2/c1-4-3-5(9)8-6(7-4)10-2;1-3-2-4(8)7-5(9)6-3/h3H,1-2H3,(H,7,8,9);2H,1H3,(H2,6,7,8,9). The van der Waals surface area contributed by atoms with Gasteiger partial charge in [0, 0.05) is 23.5 Å². The zero-order chi connectivity index (χ0) is 14.4. The van der Waals surface area contributed by atoms with Crippen LogP contribution in [-0.4, -0.2) is 26.2 Å². The molecular formula is C11H14N4O3S. The van der Waals surface area contributed by atoms with Crippen molar-refractivity contribution in [3.8, 4) is 0 Å². The second-order valence-corrected chi connectivity index (χ2v) is 4.46. The van der Waals surface area contributed by atoms with Gasteiger partial charge in [0.25, 0.3) is 11.1 Å². The number of aromatic nitrogens is 4. The van der Waals surface area contributed by atoms with Gasteiger partial charge < -0.3 is 9.97 Å². The Morgan fingerprint density at radius 2 is 1.63 bits per heavy atom. The minimum absolute atomic E-state index is 0.0862. The van der Waals surface area contributed by atoms with Crippen LogP contribution in [0, 0.1) is 13.8 Å². The van der Waals surface area contributed by atoms with Crippen LogP contribution in [0.1, 0.15) is 11.4 Å². The Kier molecular flexibility index (Phi) is 5.31. The molecule has 2 aromatic rings. The van der Waals surface area contributed by atoms with E-state index in [0.29, 0.717) is 10.9 Å². The first-order valence-corrected chi connectivity index (χ1v) is 6.55. The molecule has 0 saturated carbocycles. The normalized spacial score (nSPS) is 9.63. The molecule has 2 aromatic heterocycles. The number of thioether (sulfide) groups is 1. The summed E-state index contributed by atoms with van der Waals surface area (Å²) in [5.74, 6) is 0. The van der Waals surface area contributed by atoms with E-state index in [1.54, 1.807) is 13.8 Å². The second-order valence-electron chi connectivity index (χ2n) is 3.67. The fourth-order valence-electron chi connectivity index (χ4n) is 1.24. The topological polar surface area (TPSA) is 111 Å². The highest BCUT2D eigenvalue weighted by molar-refractivity contribution is 7.98. The number of hydrogen-bond acceptors (Lipinski definition) is 5. The minimum atomic E-state index is -0.458. The van der Waals surface area contributed by atoms with Crippen molar-refractivity contribution in [3.05, 3.63) is 54.7 Å². The van der Waals surface area contributed by atoms with Crippen molar-refractivity contribution >= 4 is 11.8 Å². The summed E-state index contributed by atoms with van der Waals surface area (Å²) < 4.78 is 0. The van der Waals surface area contributed by atoms with E-state index >= 15 is 0 Å². The minimum Gasteiger partial charge on any atom is -0.312 e. The van der Waals surface area contributed by atoms with Crippen molar-refractivity contribution in [1.29, 1.82) is 0 Å². The van der Waals surface area contributed by atoms with Crippen LogP contribution in [0.25, 0.3) is 0 Å². The Hall–Kier alpha value is -2.09. The van der Waals surface area contributed by atoms with Crippen molar-refractivity contribution < 1.29 is 0 Å². The van der Waals surface area contributed by atoms with Gasteiger partial charge in [0.2, 0.25) is 0 Å². The van der Waals surface area contributed by atoms with Gasteiger partial charge in [0.1, 0.15) is 0 Å². The first kappa shape index (κ1) is 15.0. The fourth-order valence-corrected chi connectivity index (χ4v) is 1.68. The number of hydrogen-bond donors (Lipinski definition) is 3. The van der Waals surface area contributed by atoms with E-state index in [0.717, 1.165) is 5.69 Å². The molecule has 0 bridgehead atoms. The molecule has 0 aliphatic heterocycles. The summed E-state index contributed by atoms with van der Waals surface area (Å²) in [4.78, 5) is 42.7. The first-order valence-electron chi connectivity index (χ1n) is 5.33. The fraction of sp³-hybridized carbons (Fsp3) is 0.273. The molecule has 2 heterocycles. The highest BCUT2D eigenvalue weighted by Crippen LogP contribution is 2.04. The highest BCUT2D eigenvalue weighted by Gasteiger charge is 1.93. The van der Waals surface area contributed by atoms with Crippen molar-refractivity contribution in [3.63, 3.8) is 0 Å². The largest absolute Gasteiger partial charge is 0.325 e. The Balaban J connectivity index is 0.000000191. The molecule has 0 spiro atoms. The smallest absolute Gasteiger partial charge is 0.312 e. The lowest BCUT2D eigenvalue weighted by Gasteiger charge is -1.94. The number of aromatic amines is 3. The maximum Gasteiger partial charge on any atom is 0.325 e. The predicted molar refractivity (Wildman–Crippen MR) is 73.8 cm³/mol. The molecule has 0 radical (unpaired) electrons. The van der Waals surface area contributed by atoms with Gasteiger partial charge >= 0.3 is 5.69 Å². The van der Waals surface area contributed by atoms with E-state index in [4.69, 9.17) is 0 Å². The Labute approximate surface area is 112 Å². The number of nitrogens with one attached hydrogen (secondary N) is 3. The lowest BCUT2D eigenvalue weighted by Crippen LogP contribution is -2.21. The Morgan fingerprint density at radius 1 is 1.00 bits per heavy atom. The van der Waals surface area contributed by atoms with Gasteiger partial charge in [-0.05, 0) is 20.1 Å². The third-order valence-electron chi connectivity index (χ3n) is 1.94. The van der Waals surface area contributed by atoms with Gasteiger partial charge in [-0.1, -0.05) is 11.8 Å². The SMILES string of the molecule is CSc1nc(C)cc(=O)[nH]1.Cc1cc(=O)[nH]c(=O)[nH]1. The molecule has 3 N–H and O–H groups in total. The molecule has 0 atom stereocenters. The molecule has 8 heteroatoms. The van der Waals surface area contributed by atoms with Crippen molar-refractivity contribution in [2.45, 2.75) is 19.0 Å². The van der Waals surface area contributed by atoms with Gasteiger partial charge in [0.05, 0.1) is 0 Å². The van der Waals surface area contributed by atoms with Gasteiger partial charge in [0.15, 0.2) is 5.16 Å². The zero-order valence-electron chi connectivity index (χ0n) is 10.7. The first-order chi connectivity index (χ1) is 8.90. The summed E-state index contributed by atoms with van der Waals surface area (Å²) >= 11 is 1.43. The Bertz CT molecular complexity index is 688. The van der Waals surface area contributed by atoms with E-state index in [1.807, 2.05) is 11.2 Å². The monoisotopic (exact) mass is 282 g/mol. The highest BCUT2D eigenvalue weighted by atomic mass is 32.2. The summed E-state index contributed by atoms with van der Waals surface area (Å²) in [6.07, 6.45) is 1.87. The van der Waals surface area contributed by atoms with E-state index in [1.165, 1.54) is 23.9 Å². The molecule has 2 rings (SSSR count). The molecule has 0 fully saturated rings. The van der Waals surface area contributed by atoms with Crippen LogP contribution in [0.4, 0.5) is 0 Å². The van der Waals surface area contributed by atoms with E-state index in [9.17, 15) is 14.4 Å². The Morgan fingerprint density at radius 3 is 2.11 bits per heavy atom. The number of aryl methyl sites for hydroxylation is 2. The molecule has 7 nitrogen and oxygen atoms in total. The van der Waals surface area contributed by atoms with Gasteiger partial charge in [-0.15, -0.1) is 0 Å². The predicted octanol–water partition coefficient (Wildman–Crippen LogP) is 0.172. The van der Waals surface area contributed by atoms with Gasteiger partial charge in [-0.25, -0.2) is 9.78 Å². The molecule has 0 aliphatic rings. The van der Waals surface area contributed by atoms with Crippen LogP contribution in [0.5, 0.6) is 0 Å². The number of nitrogens with zero attached hydrogens (tertiary/aromatic N) is 1. The van der Waals surface area contributed by atoms with Gasteiger partial charge in [-0.2, -0.15) is 0 Å². The molecule has 19 heavy (non-hydrogen) atoms. The van der Waals surface area contributed by atoms with E-state index < -0.39 is 5.69 Å². The summed E-state index contributed by atoms with van der Waals surface area (Å²) in [6, 6.07) is 2.79. The van der Waals surface area contributed by atoms with Crippen molar-refractivity contribution in [2.24, 2.45) is 0 Å². The average Bonchev–Trinajstić information content (AvgIpc) is 2.26. The molecule has 0 unspecified atom stereocenters. The lowest BCUT2D eigenvalue weighted by atomic mass is 10.5. The van der Waals surface area contributed by atoms with Crippen LogP contribution in [0.2, 0.25) is 0 Å². The van der Waals surface area contributed by atoms with E-state index in [-0.39, 0.29) is 11.1 Å². The maximum absolute atomic E-state index is 10.8. The maximum atomic E-state index is 10.8. The zero-order valence-corrected chi connectivity index (χ0v) is 11.6. The third kappa shape index (κ3) is 5.38. The molecule has 0 aliphatic carbocycles. The van der Waals surface area contributed by atoms with Crippen LogP contribution < -0.4 is 16.8 Å². The summed E-state index contributed by atoms with van der Waals surface area (Å²) in [7, 11) is 0. The molecule has 0 aromatic carbocycles. The van der Waals surface area contributed by atoms with E-state index in [2.05, 4.69) is 15.0 Å². The molecule has 102 valence electrons. The molecular weight excluding hydrogens is 268 g/mol. The van der Waals surface area contributed by atoms with Crippen LogP contribution in [0.3, 0.4) is 0 Å². The average molecular weight is 282 g/mol. The third-order valence-corrected chi connectivity index (χ3v) is 2.52. The quantitative estimate of drug-likeness (QED) is 0.510. The summed E-state index contributed by atoms with van der Waals surface area (Å²) in [5.41, 5.74) is 0.421. The number of rotatable bonds is 1. The van der Waals surface area contributed by atoms with Gasteiger partial charge in [-0.3, -0.25) is 14.6 Å². The second kappa shape index (κ2) is 6.74. The van der Waals surface area contributed by atoms with Crippen molar-refractivity contribution in [1.82, 2.24) is 19.9 Å². The van der Waals surface area contributed by atoms with Crippen LogP contribution in [-0.2, 0) is 0 Å². The molecule has 0 amide bonds. The summed E-state index contributed by atoms with van der Waals surface area (Å²) in [6.45, 7) is 3.45. The lowest BCUT2D eigenvalue weighted by molar-refractivity contribution is 0.908. The summed E-state index contributed by atoms with van der Waals surface area (Å²) in [5, 5.41) is 0.671. The van der Waals surface area contributed by atoms with Crippen LogP contribution in [0.15, 0.2) is 31.7 Å². The van der Waals surface area contributed by atoms with Crippen molar-refractivity contribution in [2.75, 3.05) is 6.26 Å². The molecule has 0 saturated heterocycles.